The normalized spacial score (nSPS) is 11.6. The highest BCUT2D eigenvalue weighted by molar-refractivity contribution is 9.10. The third kappa shape index (κ3) is 3.60. The van der Waals surface area contributed by atoms with Gasteiger partial charge in [0, 0.05) is 17.7 Å². The van der Waals surface area contributed by atoms with E-state index < -0.39 is 22.6 Å². The fraction of sp³-hybridized carbons (Fsp3) is 0.125. The van der Waals surface area contributed by atoms with E-state index in [9.17, 15) is 24.8 Å². The second kappa shape index (κ2) is 7.22. The highest BCUT2D eigenvalue weighted by Gasteiger charge is 2.30. The van der Waals surface area contributed by atoms with Crippen LogP contribution in [0.15, 0.2) is 46.9 Å². The quantitative estimate of drug-likeness (QED) is 0.348. The fourth-order valence-electron chi connectivity index (χ4n) is 2.18. The number of ether oxygens (including phenoxy) is 1. The van der Waals surface area contributed by atoms with Crippen molar-refractivity contribution in [2.75, 3.05) is 7.11 Å². The van der Waals surface area contributed by atoms with Crippen molar-refractivity contribution in [2.45, 2.75) is 5.92 Å². The third-order valence-corrected chi connectivity index (χ3v) is 4.00. The van der Waals surface area contributed by atoms with Crippen LogP contribution >= 0.6 is 15.9 Å². The van der Waals surface area contributed by atoms with E-state index in [0.717, 1.165) is 12.1 Å². The number of rotatable bonds is 6. The van der Waals surface area contributed by atoms with Crippen LogP contribution < -0.4 is 4.74 Å². The summed E-state index contributed by atoms with van der Waals surface area (Å²) in [5, 5.41) is 20.1. The Labute approximate surface area is 145 Å². The lowest BCUT2D eigenvalue weighted by Gasteiger charge is -2.13. The fourth-order valence-corrected chi connectivity index (χ4v) is 2.74. The predicted octanol–water partition coefficient (Wildman–Crippen LogP) is 3.42. The third-order valence-electron chi connectivity index (χ3n) is 3.38. The maximum Gasteiger partial charge on any atom is 0.318 e. The zero-order chi connectivity index (χ0) is 17.9. The number of aliphatic carboxylic acids is 1. The lowest BCUT2D eigenvalue weighted by Crippen LogP contribution is -2.22. The molecule has 0 aliphatic rings. The molecule has 0 aliphatic carbocycles. The molecule has 0 saturated carbocycles. The second-order valence-electron chi connectivity index (χ2n) is 4.83. The molecule has 24 heavy (non-hydrogen) atoms. The van der Waals surface area contributed by atoms with Gasteiger partial charge in [0.15, 0.2) is 5.78 Å². The number of hydrogen-bond donors (Lipinski definition) is 1. The Bertz CT molecular complexity index is 803. The summed E-state index contributed by atoms with van der Waals surface area (Å²) < 4.78 is 5.60. The van der Waals surface area contributed by atoms with E-state index in [2.05, 4.69) is 15.9 Å². The maximum absolute atomic E-state index is 12.5. The van der Waals surface area contributed by atoms with Crippen molar-refractivity contribution >= 4 is 33.4 Å². The SMILES string of the molecule is COc1ccc(C(C(=O)O)C(=O)c2ccc([N+](=O)[O-])cc2)cc1Br. The van der Waals surface area contributed by atoms with Crippen molar-refractivity contribution in [1.82, 2.24) is 0 Å². The molecule has 0 spiro atoms. The first-order valence-corrected chi connectivity index (χ1v) is 7.49. The van der Waals surface area contributed by atoms with E-state index >= 15 is 0 Å². The lowest BCUT2D eigenvalue weighted by molar-refractivity contribution is -0.384. The number of carbonyl (C=O) groups is 2. The summed E-state index contributed by atoms with van der Waals surface area (Å²) in [6.45, 7) is 0. The number of carboxylic acids is 1. The lowest BCUT2D eigenvalue weighted by atomic mass is 9.90. The molecule has 2 aromatic carbocycles. The molecular weight excluding hydrogens is 382 g/mol. The zero-order valence-electron chi connectivity index (χ0n) is 12.4. The van der Waals surface area contributed by atoms with Crippen LogP contribution in [0.5, 0.6) is 5.75 Å². The minimum atomic E-state index is -1.42. The molecule has 8 heteroatoms. The average molecular weight is 394 g/mol. The Hall–Kier alpha value is -2.74. The zero-order valence-corrected chi connectivity index (χ0v) is 14.0. The van der Waals surface area contributed by atoms with Crippen molar-refractivity contribution in [1.29, 1.82) is 0 Å². The second-order valence-corrected chi connectivity index (χ2v) is 5.69. The molecule has 0 bridgehead atoms. The summed E-state index contributed by atoms with van der Waals surface area (Å²) in [7, 11) is 1.47. The molecule has 1 N–H and O–H groups in total. The van der Waals surface area contributed by atoms with Crippen LogP contribution in [-0.2, 0) is 4.79 Å². The van der Waals surface area contributed by atoms with Crippen molar-refractivity contribution in [3.8, 4) is 5.75 Å². The molecule has 0 fully saturated rings. The predicted molar refractivity (Wildman–Crippen MR) is 88.5 cm³/mol. The number of methoxy groups -OCH3 is 1. The summed E-state index contributed by atoms with van der Waals surface area (Å²) in [6, 6.07) is 9.36. The summed E-state index contributed by atoms with van der Waals surface area (Å²) in [5.74, 6) is -2.88. The Morgan fingerprint density at radius 3 is 2.29 bits per heavy atom. The van der Waals surface area contributed by atoms with Crippen LogP contribution in [0.1, 0.15) is 21.8 Å². The van der Waals surface area contributed by atoms with Gasteiger partial charge in [0.05, 0.1) is 16.5 Å². The molecular formula is C16H12BrNO6. The largest absolute Gasteiger partial charge is 0.496 e. The molecule has 0 aromatic heterocycles. The highest BCUT2D eigenvalue weighted by atomic mass is 79.9. The topological polar surface area (TPSA) is 107 Å². The minimum Gasteiger partial charge on any atom is -0.496 e. The van der Waals surface area contributed by atoms with Crippen LogP contribution in [-0.4, -0.2) is 28.9 Å². The molecule has 0 amide bonds. The van der Waals surface area contributed by atoms with Gasteiger partial charge in [-0.1, -0.05) is 6.07 Å². The van der Waals surface area contributed by atoms with Crippen molar-refractivity contribution in [2.24, 2.45) is 0 Å². The first-order chi connectivity index (χ1) is 11.3. The number of hydrogen-bond acceptors (Lipinski definition) is 5. The van der Waals surface area contributed by atoms with Crippen LogP contribution in [0.3, 0.4) is 0 Å². The van der Waals surface area contributed by atoms with Crippen LogP contribution in [0.4, 0.5) is 5.69 Å². The van der Waals surface area contributed by atoms with Crippen molar-refractivity contribution in [3.63, 3.8) is 0 Å². The molecule has 0 radical (unpaired) electrons. The summed E-state index contributed by atoms with van der Waals surface area (Å²) in [5.41, 5.74) is 0.184. The van der Waals surface area contributed by atoms with Crippen LogP contribution in [0.25, 0.3) is 0 Å². The monoisotopic (exact) mass is 393 g/mol. The van der Waals surface area contributed by atoms with Gasteiger partial charge in [-0.3, -0.25) is 19.7 Å². The molecule has 7 nitrogen and oxygen atoms in total. The van der Waals surface area contributed by atoms with Gasteiger partial charge in [-0.15, -0.1) is 0 Å². The van der Waals surface area contributed by atoms with Gasteiger partial charge >= 0.3 is 5.97 Å². The van der Waals surface area contributed by atoms with Gasteiger partial charge < -0.3 is 9.84 Å². The van der Waals surface area contributed by atoms with E-state index in [1.165, 1.54) is 31.4 Å². The first kappa shape index (κ1) is 17.6. The first-order valence-electron chi connectivity index (χ1n) is 6.70. The van der Waals surface area contributed by atoms with Crippen LogP contribution in [0, 0.1) is 10.1 Å². The maximum atomic E-state index is 12.5. The smallest absolute Gasteiger partial charge is 0.318 e. The van der Waals surface area contributed by atoms with Crippen molar-refractivity contribution < 1.29 is 24.4 Å². The van der Waals surface area contributed by atoms with Gasteiger partial charge in [0.1, 0.15) is 11.7 Å². The molecule has 0 saturated heterocycles. The molecule has 124 valence electrons. The van der Waals surface area contributed by atoms with E-state index in [1.807, 2.05) is 0 Å². The average Bonchev–Trinajstić information content (AvgIpc) is 2.55. The number of benzene rings is 2. The molecule has 1 atom stereocenters. The molecule has 1 unspecified atom stereocenters. The number of non-ortho nitro benzene ring substituents is 1. The molecule has 0 heterocycles. The molecule has 2 rings (SSSR count). The summed E-state index contributed by atoms with van der Waals surface area (Å²) in [4.78, 5) is 34.2. The van der Waals surface area contributed by atoms with E-state index in [0.29, 0.717) is 10.2 Å². The van der Waals surface area contributed by atoms with Gasteiger partial charge in [-0.05, 0) is 45.8 Å². The molecule has 2 aromatic rings. The van der Waals surface area contributed by atoms with Crippen molar-refractivity contribution in [3.05, 3.63) is 68.2 Å². The Morgan fingerprint density at radius 2 is 1.83 bits per heavy atom. The van der Waals surface area contributed by atoms with E-state index in [-0.39, 0.29) is 16.8 Å². The van der Waals surface area contributed by atoms with E-state index in [4.69, 9.17) is 4.74 Å². The number of Topliss-reactive ketones (excluding diaryl/α,β-unsaturated/α-hetero) is 1. The van der Waals surface area contributed by atoms with Crippen LogP contribution in [0.2, 0.25) is 0 Å². The number of ketones is 1. The number of nitrogens with zero attached hydrogens (tertiary/aromatic N) is 1. The summed E-state index contributed by atoms with van der Waals surface area (Å²) in [6.07, 6.45) is 0. The standard InChI is InChI=1S/C16H12BrNO6/c1-24-13-7-4-10(8-12(13)17)14(16(20)21)15(19)9-2-5-11(6-3-9)18(22)23/h2-8,14H,1H3,(H,20,21). The van der Waals surface area contributed by atoms with E-state index in [1.54, 1.807) is 6.07 Å². The van der Waals surface area contributed by atoms with Gasteiger partial charge in [0.2, 0.25) is 0 Å². The number of halogens is 1. The van der Waals surface area contributed by atoms with Gasteiger partial charge in [0.25, 0.3) is 5.69 Å². The Kier molecular flexibility index (Phi) is 5.30. The Balaban J connectivity index is 2.40. The number of nitro benzene ring substituents is 1. The minimum absolute atomic E-state index is 0.0833. The molecule has 0 aliphatic heterocycles. The Morgan fingerprint density at radius 1 is 1.21 bits per heavy atom. The number of carbonyl (C=O) groups excluding carboxylic acids is 1. The van der Waals surface area contributed by atoms with Gasteiger partial charge in [-0.2, -0.15) is 0 Å². The highest BCUT2D eigenvalue weighted by Crippen LogP contribution is 2.30. The number of carboxylic acid groups (broad SMARTS) is 1. The summed E-state index contributed by atoms with van der Waals surface area (Å²) >= 11 is 3.25. The number of nitro groups is 1. The van der Waals surface area contributed by atoms with Gasteiger partial charge in [-0.25, -0.2) is 0 Å².